The third-order valence-corrected chi connectivity index (χ3v) is 4.05. The Labute approximate surface area is 112 Å². The number of carbonyl (C=O) groups is 1. The molecule has 0 aliphatic heterocycles. The molecule has 0 saturated heterocycles. The average Bonchev–Trinajstić information content (AvgIpc) is 3.16. The molecule has 1 aliphatic carbocycles. The van der Waals surface area contributed by atoms with E-state index in [2.05, 4.69) is 5.32 Å². The van der Waals surface area contributed by atoms with E-state index in [0.717, 1.165) is 18.4 Å². The fourth-order valence-electron chi connectivity index (χ4n) is 2.11. The molecule has 18 heavy (non-hydrogen) atoms. The molecule has 1 saturated carbocycles. The highest BCUT2D eigenvalue weighted by Gasteiger charge is 2.42. The highest BCUT2D eigenvalue weighted by Crippen LogP contribution is 2.39. The Morgan fingerprint density at radius 2 is 2.22 bits per heavy atom. The zero-order valence-electron chi connectivity index (χ0n) is 10.7. The lowest BCUT2D eigenvalue weighted by atomic mass is 9.96. The van der Waals surface area contributed by atoms with Gasteiger partial charge in [-0.15, -0.1) is 0 Å². The van der Waals surface area contributed by atoms with Gasteiger partial charge in [0.1, 0.15) is 0 Å². The van der Waals surface area contributed by atoms with E-state index in [1.807, 2.05) is 13.8 Å². The number of aliphatic hydroxyl groups is 1. The number of nitrogens with one attached hydrogen (secondary N) is 1. The number of amides is 1. The normalized spacial score (nSPS) is 18.2. The molecule has 0 heterocycles. The van der Waals surface area contributed by atoms with E-state index in [0.29, 0.717) is 16.5 Å². The SMILES string of the molecule is Cc1cc(C(=O)N[C@@](C)(CO)C2CC2)ccc1Cl. The summed E-state index contributed by atoms with van der Waals surface area (Å²) in [4.78, 5) is 12.1. The van der Waals surface area contributed by atoms with Gasteiger partial charge >= 0.3 is 0 Å². The predicted molar refractivity (Wildman–Crippen MR) is 71.9 cm³/mol. The van der Waals surface area contributed by atoms with E-state index in [1.165, 1.54) is 0 Å². The second-order valence-electron chi connectivity index (χ2n) is 5.27. The van der Waals surface area contributed by atoms with E-state index in [1.54, 1.807) is 18.2 Å². The minimum atomic E-state index is -0.509. The van der Waals surface area contributed by atoms with Gasteiger partial charge in [0.2, 0.25) is 0 Å². The van der Waals surface area contributed by atoms with E-state index >= 15 is 0 Å². The second kappa shape index (κ2) is 4.90. The van der Waals surface area contributed by atoms with E-state index in [-0.39, 0.29) is 12.5 Å². The van der Waals surface area contributed by atoms with Crippen molar-refractivity contribution >= 4 is 17.5 Å². The summed E-state index contributed by atoms with van der Waals surface area (Å²) >= 11 is 5.93. The zero-order valence-corrected chi connectivity index (χ0v) is 11.4. The minimum Gasteiger partial charge on any atom is -0.394 e. The van der Waals surface area contributed by atoms with Gasteiger partial charge in [-0.2, -0.15) is 0 Å². The van der Waals surface area contributed by atoms with Crippen LogP contribution < -0.4 is 5.32 Å². The summed E-state index contributed by atoms with van der Waals surface area (Å²) in [5, 5.41) is 13.0. The molecule has 1 aliphatic rings. The monoisotopic (exact) mass is 267 g/mol. The topological polar surface area (TPSA) is 49.3 Å². The van der Waals surface area contributed by atoms with Gasteiger partial charge in [0, 0.05) is 10.6 Å². The molecule has 1 atom stereocenters. The summed E-state index contributed by atoms with van der Waals surface area (Å²) in [6.07, 6.45) is 2.13. The van der Waals surface area contributed by atoms with Gasteiger partial charge in [0.25, 0.3) is 5.91 Å². The molecule has 98 valence electrons. The van der Waals surface area contributed by atoms with E-state index in [4.69, 9.17) is 11.6 Å². The number of aryl methyl sites for hydroxylation is 1. The maximum Gasteiger partial charge on any atom is 0.251 e. The molecule has 2 N–H and O–H groups in total. The first-order valence-corrected chi connectivity index (χ1v) is 6.53. The Balaban J connectivity index is 2.13. The Morgan fingerprint density at radius 1 is 1.56 bits per heavy atom. The molecular formula is C14H18ClNO2. The van der Waals surface area contributed by atoms with Crippen molar-refractivity contribution in [1.29, 1.82) is 0 Å². The number of rotatable bonds is 4. The van der Waals surface area contributed by atoms with Gasteiger partial charge in [-0.05, 0) is 56.4 Å². The van der Waals surface area contributed by atoms with Crippen LogP contribution in [-0.4, -0.2) is 23.2 Å². The van der Waals surface area contributed by atoms with Crippen LogP contribution in [0.15, 0.2) is 18.2 Å². The smallest absolute Gasteiger partial charge is 0.251 e. The number of halogens is 1. The molecular weight excluding hydrogens is 250 g/mol. The summed E-state index contributed by atoms with van der Waals surface area (Å²) in [5.74, 6) is 0.234. The third kappa shape index (κ3) is 2.68. The van der Waals surface area contributed by atoms with Crippen LogP contribution in [0.3, 0.4) is 0 Å². The number of hydrogen-bond acceptors (Lipinski definition) is 2. The van der Waals surface area contributed by atoms with Crippen molar-refractivity contribution in [3.63, 3.8) is 0 Å². The molecule has 0 unspecified atom stereocenters. The Bertz CT molecular complexity index is 471. The fourth-order valence-corrected chi connectivity index (χ4v) is 2.23. The average molecular weight is 268 g/mol. The number of benzene rings is 1. The van der Waals surface area contributed by atoms with Crippen molar-refractivity contribution < 1.29 is 9.90 Å². The van der Waals surface area contributed by atoms with Crippen molar-refractivity contribution in [1.82, 2.24) is 5.32 Å². The summed E-state index contributed by atoms with van der Waals surface area (Å²) < 4.78 is 0. The van der Waals surface area contributed by atoms with Crippen LogP contribution in [0, 0.1) is 12.8 Å². The van der Waals surface area contributed by atoms with Crippen molar-refractivity contribution in [2.45, 2.75) is 32.2 Å². The first-order valence-electron chi connectivity index (χ1n) is 6.16. The van der Waals surface area contributed by atoms with Gasteiger partial charge in [-0.25, -0.2) is 0 Å². The first kappa shape index (κ1) is 13.4. The standard InChI is InChI=1S/C14H18ClNO2/c1-9-7-10(3-6-12(9)15)13(18)16-14(2,8-17)11-4-5-11/h3,6-7,11,17H,4-5,8H2,1-2H3,(H,16,18)/t14-/m0/s1. The number of aliphatic hydroxyl groups excluding tert-OH is 1. The van der Waals surface area contributed by atoms with Crippen LogP contribution in [0.1, 0.15) is 35.7 Å². The van der Waals surface area contributed by atoms with Crippen LogP contribution in [-0.2, 0) is 0 Å². The van der Waals surface area contributed by atoms with Crippen molar-refractivity contribution in [2.24, 2.45) is 5.92 Å². The molecule has 1 fully saturated rings. The van der Waals surface area contributed by atoms with Gasteiger partial charge in [0.05, 0.1) is 12.1 Å². The fraction of sp³-hybridized carbons (Fsp3) is 0.500. The summed E-state index contributed by atoms with van der Waals surface area (Å²) in [6.45, 7) is 3.73. The maximum absolute atomic E-state index is 12.1. The zero-order chi connectivity index (χ0) is 13.3. The van der Waals surface area contributed by atoms with Crippen LogP contribution >= 0.6 is 11.6 Å². The molecule has 0 aromatic heterocycles. The lowest BCUT2D eigenvalue weighted by molar-refractivity contribution is 0.0824. The molecule has 0 spiro atoms. The quantitative estimate of drug-likeness (QED) is 0.881. The molecule has 1 aromatic rings. The lowest BCUT2D eigenvalue weighted by Gasteiger charge is -2.28. The molecule has 0 radical (unpaired) electrons. The van der Waals surface area contributed by atoms with Crippen LogP contribution in [0.2, 0.25) is 5.02 Å². The molecule has 3 nitrogen and oxygen atoms in total. The minimum absolute atomic E-state index is 0.0318. The van der Waals surface area contributed by atoms with Gasteiger partial charge in [-0.1, -0.05) is 11.6 Å². The third-order valence-electron chi connectivity index (χ3n) is 3.63. The molecule has 4 heteroatoms. The van der Waals surface area contributed by atoms with Crippen molar-refractivity contribution in [3.8, 4) is 0 Å². The highest BCUT2D eigenvalue weighted by atomic mass is 35.5. The summed E-state index contributed by atoms with van der Waals surface area (Å²) in [5.41, 5.74) is 0.948. The van der Waals surface area contributed by atoms with Crippen molar-refractivity contribution in [2.75, 3.05) is 6.61 Å². The summed E-state index contributed by atoms with van der Waals surface area (Å²) in [6, 6.07) is 5.19. The Morgan fingerprint density at radius 3 is 2.72 bits per heavy atom. The largest absolute Gasteiger partial charge is 0.394 e. The first-order chi connectivity index (χ1) is 8.46. The van der Waals surface area contributed by atoms with E-state index < -0.39 is 5.54 Å². The van der Waals surface area contributed by atoms with Gasteiger partial charge in [-0.3, -0.25) is 4.79 Å². The second-order valence-corrected chi connectivity index (χ2v) is 5.68. The molecule has 1 amide bonds. The Kier molecular flexibility index (Phi) is 3.64. The van der Waals surface area contributed by atoms with Gasteiger partial charge < -0.3 is 10.4 Å². The highest BCUT2D eigenvalue weighted by molar-refractivity contribution is 6.31. The lowest BCUT2D eigenvalue weighted by Crippen LogP contribution is -2.50. The molecule has 1 aromatic carbocycles. The molecule has 0 bridgehead atoms. The number of hydrogen-bond donors (Lipinski definition) is 2. The van der Waals surface area contributed by atoms with Crippen LogP contribution in [0.5, 0.6) is 0 Å². The maximum atomic E-state index is 12.1. The Hall–Kier alpha value is -1.06. The van der Waals surface area contributed by atoms with Gasteiger partial charge in [0.15, 0.2) is 0 Å². The van der Waals surface area contributed by atoms with Crippen molar-refractivity contribution in [3.05, 3.63) is 34.3 Å². The van der Waals surface area contributed by atoms with Crippen LogP contribution in [0.4, 0.5) is 0 Å². The number of carbonyl (C=O) groups excluding carboxylic acids is 1. The predicted octanol–water partition coefficient (Wildman–Crippen LogP) is 2.54. The summed E-state index contributed by atoms with van der Waals surface area (Å²) in [7, 11) is 0. The van der Waals surface area contributed by atoms with Crippen LogP contribution in [0.25, 0.3) is 0 Å². The molecule has 2 rings (SSSR count). The van der Waals surface area contributed by atoms with E-state index in [9.17, 15) is 9.90 Å².